The monoisotopic (exact) mass is 562 g/mol. The first-order valence-corrected chi connectivity index (χ1v) is 15.9. The summed E-state index contributed by atoms with van der Waals surface area (Å²) in [6.07, 6.45) is 1.62. The van der Waals surface area contributed by atoms with Gasteiger partial charge in [0.25, 0.3) is 0 Å². The van der Waals surface area contributed by atoms with Crippen molar-refractivity contribution in [2.24, 2.45) is 11.3 Å². The number of benzene rings is 3. The standard InChI is InChI=1S/C33H43N2O4P/c1-24-10-9-13-26(20-24)18-19-29(31(36)35-30(32(37)34-5)33(2,3)4)23-40(38,39)22-28-16-14-27(15-17-28)21-25-11-7-6-8-12-25/h6-17,20,29-30H,18-19,21-23H2,1-5H3,(H,34,37)(H,35,36)(H,38,39)/t29?,30-/m1/s1. The number of carbonyl (C=O) groups is 2. The maximum absolute atomic E-state index is 13.5. The van der Waals surface area contributed by atoms with Crippen molar-refractivity contribution in [3.8, 4) is 0 Å². The average Bonchev–Trinajstić information content (AvgIpc) is 2.90. The molecule has 0 aliphatic rings. The molecule has 3 rings (SSSR count). The molecule has 214 valence electrons. The fraction of sp³-hybridized carbons (Fsp3) is 0.394. The molecule has 0 aliphatic carbocycles. The maximum atomic E-state index is 13.5. The number of amides is 2. The first kappa shape index (κ1) is 31.3. The van der Waals surface area contributed by atoms with E-state index in [9.17, 15) is 19.0 Å². The zero-order chi connectivity index (χ0) is 29.3. The molecule has 2 unspecified atom stereocenters. The van der Waals surface area contributed by atoms with Crippen LogP contribution in [0.4, 0.5) is 0 Å². The molecule has 0 heterocycles. The molecule has 7 heteroatoms. The van der Waals surface area contributed by atoms with Gasteiger partial charge in [0, 0.05) is 25.3 Å². The van der Waals surface area contributed by atoms with Gasteiger partial charge in [-0.25, -0.2) is 0 Å². The van der Waals surface area contributed by atoms with E-state index in [1.54, 1.807) is 0 Å². The lowest BCUT2D eigenvalue weighted by molar-refractivity contribution is -0.133. The van der Waals surface area contributed by atoms with Crippen molar-refractivity contribution in [2.75, 3.05) is 13.2 Å². The first-order valence-electron chi connectivity index (χ1n) is 13.9. The van der Waals surface area contributed by atoms with E-state index in [0.717, 1.165) is 28.7 Å². The first-order chi connectivity index (χ1) is 18.9. The summed E-state index contributed by atoms with van der Waals surface area (Å²) < 4.78 is 13.5. The summed E-state index contributed by atoms with van der Waals surface area (Å²) in [7, 11) is -2.18. The number of hydrogen-bond acceptors (Lipinski definition) is 3. The van der Waals surface area contributed by atoms with E-state index in [4.69, 9.17) is 0 Å². The van der Waals surface area contributed by atoms with Crippen LogP contribution in [0.1, 0.15) is 55.0 Å². The molecule has 0 spiro atoms. The van der Waals surface area contributed by atoms with Gasteiger partial charge in [0.05, 0.1) is 0 Å². The van der Waals surface area contributed by atoms with Gasteiger partial charge in [0.2, 0.25) is 19.2 Å². The molecule has 3 N–H and O–H groups in total. The van der Waals surface area contributed by atoms with Gasteiger partial charge >= 0.3 is 0 Å². The van der Waals surface area contributed by atoms with E-state index in [2.05, 4.69) is 28.8 Å². The van der Waals surface area contributed by atoms with Crippen molar-refractivity contribution < 1.29 is 19.0 Å². The summed E-state index contributed by atoms with van der Waals surface area (Å²) in [4.78, 5) is 37.2. The molecule has 0 saturated heterocycles. The Morgan fingerprint density at radius 2 is 1.45 bits per heavy atom. The Morgan fingerprint density at radius 1 is 0.850 bits per heavy atom. The molecule has 3 atom stereocenters. The van der Waals surface area contributed by atoms with Gasteiger partial charge < -0.3 is 15.5 Å². The molecule has 2 amide bonds. The van der Waals surface area contributed by atoms with E-state index < -0.39 is 24.7 Å². The number of rotatable bonds is 12. The zero-order valence-corrected chi connectivity index (χ0v) is 25.2. The summed E-state index contributed by atoms with van der Waals surface area (Å²) in [6, 6.07) is 25.2. The highest BCUT2D eigenvalue weighted by Gasteiger charge is 2.36. The third kappa shape index (κ3) is 9.76. The highest BCUT2D eigenvalue weighted by atomic mass is 31.2. The van der Waals surface area contributed by atoms with Crippen LogP contribution in [-0.4, -0.2) is 36.0 Å². The quantitative estimate of drug-likeness (QED) is 0.240. The molecule has 0 aliphatic heterocycles. The van der Waals surface area contributed by atoms with E-state index in [1.807, 2.05) is 88.4 Å². The average molecular weight is 563 g/mol. The zero-order valence-electron chi connectivity index (χ0n) is 24.3. The lowest BCUT2D eigenvalue weighted by Crippen LogP contribution is -2.54. The highest BCUT2D eigenvalue weighted by molar-refractivity contribution is 7.57. The van der Waals surface area contributed by atoms with Gasteiger partial charge in [0.1, 0.15) is 6.04 Å². The normalized spacial score (nSPS) is 14.6. The molecule has 40 heavy (non-hydrogen) atoms. The molecule has 0 fully saturated rings. The van der Waals surface area contributed by atoms with Gasteiger partial charge in [-0.05, 0) is 53.9 Å². The minimum Gasteiger partial charge on any atom is -0.357 e. The van der Waals surface area contributed by atoms with Crippen LogP contribution < -0.4 is 10.6 Å². The minimum absolute atomic E-state index is 0.00894. The van der Waals surface area contributed by atoms with Crippen molar-refractivity contribution in [1.82, 2.24) is 10.6 Å². The molecular formula is C33H43N2O4P. The second-order valence-electron chi connectivity index (χ2n) is 11.8. The fourth-order valence-corrected chi connectivity index (χ4v) is 6.83. The molecular weight excluding hydrogens is 519 g/mol. The molecule has 0 aromatic heterocycles. The van der Waals surface area contributed by atoms with Crippen molar-refractivity contribution in [1.29, 1.82) is 0 Å². The second-order valence-corrected chi connectivity index (χ2v) is 14.2. The van der Waals surface area contributed by atoms with Crippen LogP contribution in [-0.2, 0) is 33.2 Å². The maximum Gasteiger partial charge on any atom is 0.242 e. The Kier molecular flexibility index (Phi) is 10.9. The Morgan fingerprint density at radius 3 is 2.05 bits per heavy atom. The van der Waals surface area contributed by atoms with Crippen LogP contribution in [0.5, 0.6) is 0 Å². The summed E-state index contributed by atoms with van der Waals surface area (Å²) in [5.41, 5.74) is 4.75. The van der Waals surface area contributed by atoms with Crippen molar-refractivity contribution >= 4 is 19.2 Å². The Labute approximate surface area is 239 Å². The Balaban J connectivity index is 1.75. The van der Waals surface area contributed by atoms with Gasteiger partial charge in [0.15, 0.2) is 0 Å². The van der Waals surface area contributed by atoms with Gasteiger partial charge in [-0.2, -0.15) is 0 Å². The lowest BCUT2D eigenvalue weighted by Gasteiger charge is -2.31. The van der Waals surface area contributed by atoms with Crippen LogP contribution in [0.2, 0.25) is 0 Å². The topological polar surface area (TPSA) is 95.5 Å². The Hall–Kier alpha value is -3.21. The van der Waals surface area contributed by atoms with E-state index in [-0.39, 0.29) is 24.1 Å². The molecule has 0 saturated carbocycles. The van der Waals surface area contributed by atoms with Crippen molar-refractivity contribution in [2.45, 2.75) is 59.2 Å². The third-order valence-corrected chi connectivity index (χ3v) is 8.98. The largest absolute Gasteiger partial charge is 0.357 e. The third-order valence-electron chi connectivity index (χ3n) is 7.11. The second kappa shape index (κ2) is 13.9. The Bertz CT molecular complexity index is 1320. The SMILES string of the molecule is CNC(=O)[C@@H](NC(=O)C(CCc1cccc(C)c1)CP(=O)(O)Cc1ccc(Cc2ccccc2)cc1)C(C)(C)C. The van der Waals surface area contributed by atoms with E-state index in [0.29, 0.717) is 12.8 Å². The van der Waals surface area contributed by atoms with Gasteiger partial charge in [-0.15, -0.1) is 0 Å². The predicted molar refractivity (Wildman–Crippen MR) is 163 cm³/mol. The predicted octanol–water partition coefficient (Wildman–Crippen LogP) is 5.88. The van der Waals surface area contributed by atoms with Crippen molar-refractivity contribution in [3.05, 3.63) is 107 Å². The van der Waals surface area contributed by atoms with Crippen LogP contribution in [0.3, 0.4) is 0 Å². The number of nitrogens with one attached hydrogen (secondary N) is 2. The molecule has 3 aromatic carbocycles. The molecule has 3 aromatic rings. The van der Waals surface area contributed by atoms with Crippen LogP contribution in [0, 0.1) is 18.3 Å². The van der Waals surface area contributed by atoms with Crippen LogP contribution in [0.25, 0.3) is 0 Å². The number of aryl methyl sites for hydroxylation is 2. The van der Waals surface area contributed by atoms with Crippen molar-refractivity contribution in [3.63, 3.8) is 0 Å². The summed E-state index contributed by atoms with van der Waals surface area (Å²) in [6.45, 7) is 7.66. The summed E-state index contributed by atoms with van der Waals surface area (Å²) in [5.74, 6) is -1.38. The molecule has 0 radical (unpaired) electrons. The van der Waals surface area contributed by atoms with Crippen LogP contribution >= 0.6 is 7.37 Å². The molecule has 0 bridgehead atoms. The van der Waals surface area contributed by atoms with Crippen LogP contribution in [0.15, 0.2) is 78.9 Å². The summed E-state index contributed by atoms with van der Waals surface area (Å²) >= 11 is 0. The fourth-order valence-electron chi connectivity index (χ4n) is 4.88. The summed E-state index contributed by atoms with van der Waals surface area (Å²) in [5, 5.41) is 5.51. The van der Waals surface area contributed by atoms with Gasteiger partial charge in [-0.3, -0.25) is 14.2 Å². The van der Waals surface area contributed by atoms with E-state index in [1.165, 1.54) is 12.6 Å². The minimum atomic E-state index is -3.71. The van der Waals surface area contributed by atoms with Gasteiger partial charge in [-0.1, -0.05) is 105 Å². The smallest absolute Gasteiger partial charge is 0.242 e. The highest BCUT2D eigenvalue weighted by Crippen LogP contribution is 2.47. The number of hydrogen-bond donors (Lipinski definition) is 3. The lowest BCUT2D eigenvalue weighted by atomic mass is 9.85. The van der Waals surface area contributed by atoms with E-state index >= 15 is 0 Å². The molecule has 6 nitrogen and oxygen atoms in total. The number of carbonyl (C=O) groups excluding carboxylic acids is 2. The number of likely N-dealkylation sites (N-methyl/N-ethyl adjacent to an activating group) is 1.